The highest BCUT2D eigenvalue weighted by Gasteiger charge is 2.34. The molecule has 1 fully saturated rings. The van der Waals surface area contributed by atoms with Gasteiger partial charge in [-0.25, -0.2) is 0 Å². The number of benzene rings is 2. The van der Waals surface area contributed by atoms with Crippen molar-refractivity contribution in [1.82, 2.24) is 5.32 Å². The van der Waals surface area contributed by atoms with Crippen LogP contribution in [0.3, 0.4) is 0 Å². The SMILES string of the molecule is Cl.NC1(c2ccc3ccc(Br)cc3c2)CNC1. The van der Waals surface area contributed by atoms with Crippen LogP contribution in [0.25, 0.3) is 10.8 Å². The summed E-state index contributed by atoms with van der Waals surface area (Å²) in [6.07, 6.45) is 0. The Balaban J connectivity index is 0.00000108. The second-order valence-corrected chi connectivity index (χ2v) is 5.38. The predicted molar refractivity (Wildman–Crippen MR) is 77.6 cm³/mol. The molecular formula is C13H14BrClN2. The minimum atomic E-state index is -0.170. The Morgan fingerprint density at radius 2 is 1.76 bits per heavy atom. The van der Waals surface area contributed by atoms with Gasteiger partial charge in [0.15, 0.2) is 0 Å². The number of fused-ring (bicyclic) bond motifs is 1. The standard InChI is InChI=1S/C13H13BrN2.ClH/c14-12-4-2-9-1-3-11(5-10(9)6-12)13(15)7-16-8-13;/h1-6,16H,7-8,15H2;1H. The number of hydrogen-bond donors (Lipinski definition) is 2. The molecule has 0 aliphatic carbocycles. The Hall–Kier alpha value is -0.610. The Kier molecular flexibility index (Phi) is 3.46. The second kappa shape index (κ2) is 4.58. The lowest BCUT2D eigenvalue weighted by molar-refractivity contribution is 0.287. The Morgan fingerprint density at radius 1 is 1.06 bits per heavy atom. The third-order valence-electron chi connectivity index (χ3n) is 3.26. The van der Waals surface area contributed by atoms with Crippen LogP contribution < -0.4 is 11.1 Å². The monoisotopic (exact) mass is 312 g/mol. The van der Waals surface area contributed by atoms with E-state index in [-0.39, 0.29) is 17.9 Å². The minimum absolute atomic E-state index is 0. The average Bonchev–Trinajstić information content (AvgIpc) is 2.25. The molecule has 0 spiro atoms. The number of nitrogens with two attached hydrogens (primary N) is 1. The van der Waals surface area contributed by atoms with Gasteiger partial charge in [0.25, 0.3) is 0 Å². The first kappa shape index (κ1) is 12.8. The summed E-state index contributed by atoms with van der Waals surface area (Å²) in [5.41, 5.74) is 7.33. The molecular weight excluding hydrogens is 300 g/mol. The van der Waals surface area contributed by atoms with Gasteiger partial charge in [0.2, 0.25) is 0 Å². The maximum Gasteiger partial charge on any atom is 0.0662 e. The van der Waals surface area contributed by atoms with Crippen LogP contribution in [0.2, 0.25) is 0 Å². The first-order valence-corrected chi connectivity index (χ1v) is 6.16. The fourth-order valence-corrected chi connectivity index (χ4v) is 2.50. The van der Waals surface area contributed by atoms with Crippen LogP contribution in [0.15, 0.2) is 40.9 Å². The zero-order chi connectivity index (χ0) is 11.2. The predicted octanol–water partition coefficient (Wildman–Crippen LogP) is 2.78. The van der Waals surface area contributed by atoms with Crippen LogP contribution in [0, 0.1) is 0 Å². The third-order valence-corrected chi connectivity index (χ3v) is 3.75. The van der Waals surface area contributed by atoms with Gasteiger partial charge in [0, 0.05) is 17.6 Å². The molecule has 0 unspecified atom stereocenters. The van der Waals surface area contributed by atoms with Crippen LogP contribution in [0.4, 0.5) is 0 Å². The van der Waals surface area contributed by atoms with E-state index in [4.69, 9.17) is 5.73 Å². The topological polar surface area (TPSA) is 38.0 Å². The molecule has 1 saturated heterocycles. The summed E-state index contributed by atoms with van der Waals surface area (Å²) in [5.74, 6) is 0. The van der Waals surface area contributed by atoms with E-state index >= 15 is 0 Å². The first-order chi connectivity index (χ1) is 7.67. The molecule has 90 valence electrons. The van der Waals surface area contributed by atoms with Gasteiger partial charge >= 0.3 is 0 Å². The van der Waals surface area contributed by atoms with Crippen molar-refractivity contribution in [3.8, 4) is 0 Å². The smallest absolute Gasteiger partial charge is 0.0662 e. The highest BCUT2D eigenvalue weighted by Crippen LogP contribution is 2.27. The van der Waals surface area contributed by atoms with Crippen LogP contribution >= 0.6 is 28.3 Å². The minimum Gasteiger partial charge on any atom is -0.319 e. The van der Waals surface area contributed by atoms with E-state index in [9.17, 15) is 0 Å². The summed E-state index contributed by atoms with van der Waals surface area (Å²) < 4.78 is 1.11. The van der Waals surface area contributed by atoms with Crippen molar-refractivity contribution in [2.24, 2.45) is 5.73 Å². The highest BCUT2D eigenvalue weighted by molar-refractivity contribution is 9.10. The van der Waals surface area contributed by atoms with Crippen LogP contribution in [-0.2, 0) is 5.54 Å². The van der Waals surface area contributed by atoms with Crippen molar-refractivity contribution in [2.45, 2.75) is 5.54 Å². The van der Waals surface area contributed by atoms with Gasteiger partial charge in [-0.3, -0.25) is 0 Å². The van der Waals surface area contributed by atoms with Gasteiger partial charge in [-0.2, -0.15) is 0 Å². The number of halogens is 2. The molecule has 1 aliphatic heterocycles. The summed E-state index contributed by atoms with van der Waals surface area (Å²) in [6.45, 7) is 1.74. The summed E-state index contributed by atoms with van der Waals surface area (Å²) in [7, 11) is 0. The molecule has 2 aromatic carbocycles. The van der Waals surface area contributed by atoms with Crippen molar-refractivity contribution in [3.05, 3.63) is 46.4 Å². The first-order valence-electron chi connectivity index (χ1n) is 5.37. The maximum atomic E-state index is 6.28. The number of hydrogen-bond acceptors (Lipinski definition) is 2. The molecule has 4 heteroatoms. The Labute approximate surface area is 115 Å². The van der Waals surface area contributed by atoms with Crippen LogP contribution in [0.5, 0.6) is 0 Å². The average molecular weight is 314 g/mol. The van der Waals surface area contributed by atoms with Gasteiger partial charge < -0.3 is 11.1 Å². The second-order valence-electron chi connectivity index (χ2n) is 4.47. The molecule has 0 saturated carbocycles. The maximum absolute atomic E-state index is 6.28. The number of rotatable bonds is 1. The molecule has 1 heterocycles. The van der Waals surface area contributed by atoms with Crippen molar-refractivity contribution < 1.29 is 0 Å². The fourth-order valence-electron chi connectivity index (χ4n) is 2.13. The molecule has 0 radical (unpaired) electrons. The Bertz CT molecular complexity index is 552. The summed E-state index contributed by atoms with van der Waals surface area (Å²) >= 11 is 3.49. The lowest BCUT2D eigenvalue weighted by atomic mass is 9.84. The van der Waals surface area contributed by atoms with Gasteiger partial charge in [-0.1, -0.05) is 34.1 Å². The number of nitrogens with one attached hydrogen (secondary N) is 1. The van der Waals surface area contributed by atoms with E-state index in [1.54, 1.807) is 0 Å². The molecule has 17 heavy (non-hydrogen) atoms. The lowest BCUT2D eigenvalue weighted by Gasteiger charge is -2.39. The quantitative estimate of drug-likeness (QED) is 0.849. The van der Waals surface area contributed by atoms with E-state index < -0.39 is 0 Å². The summed E-state index contributed by atoms with van der Waals surface area (Å²) in [6, 6.07) is 12.8. The van der Waals surface area contributed by atoms with E-state index in [2.05, 4.69) is 57.6 Å². The largest absolute Gasteiger partial charge is 0.319 e. The van der Waals surface area contributed by atoms with Gasteiger partial charge in [-0.05, 0) is 34.5 Å². The molecule has 2 aromatic rings. The van der Waals surface area contributed by atoms with Gasteiger partial charge in [-0.15, -0.1) is 12.4 Å². The normalized spacial score (nSPS) is 17.3. The molecule has 1 aliphatic rings. The third kappa shape index (κ3) is 2.20. The van der Waals surface area contributed by atoms with Crippen molar-refractivity contribution in [1.29, 1.82) is 0 Å². The van der Waals surface area contributed by atoms with Gasteiger partial charge in [0.05, 0.1) is 5.54 Å². The van der Waals surface area contributed by atoms with Crippen molar-refractivity contribution in [3.63, 3.8) is 0 Å². The zero-order valence-electron chi connectivity index (χ0n) is 9.24. The van der Waals surface area contributed by atoms with E-state index in [0.717, 1.165) is 17.6 Å². The molecule has 0 bridgehead atoms. The zero-order valence-corrected chi connectivity index (χ0v) is 11.6. The fraction of sp³-hybridized carbons (Fsp3) is 0.231. The molecule has 2 nitrogen and oxygen atoms in total. The lowest BCUT2D eigenvalue weighted by Crippen LogP contribution is -2.62. The molecule has 0 amide bonds. The van der Waals surface area contributed by atoms with Crippen molar-refractivity contribution in [2.75, 3.05) is 13.1 Å². The Morgan fingerprint density at radius 3 is 2.41 bits per heavy atom. The van der Waals surface area contributed by atoms with Crippen LogP contribution in [0.1, 0.15) is 5.56 Å². The summed E-state index contributed by atoms with van der Waals surface area (Å²) in [4.78, 5) is 0. The molecule has 0 atom stereocenters. The van der Waals surface area contributed by atoms with Crippen LogP contribution in [-0.4, -0.2) is 13.1 Å². The molecule has 3 rings (SSSR count). The molecule has 0 aromatic heterocycles. The van der Waals surface area contributed by atoms with Crippen molar-refractivity contribution >= 4 is 39.1 Å². The highest BCUT2D eigenvalue weighted by atomic mass is 79.9. The molecule has 3 N–H and O–H groups in total. The summed E-state index contributed by atoms with van der Waals surface area (Å²) in [5, 5.41) is 5.72. The van der Waals surface area contributed by atoms with E-state index in [1.165, 1.54) is 16.3 Å². The van der Waals surface area contributed by atoms with E-state index in [0.29, 0.717) is 0 Å². The van der Waals surface area contributed by atoms with E-state index in [1.807, 2.05) is 0 Å². The van der Waals surface area contributed by atoms with Gasteiger partial charge in [0.1, 0.15) is 0 Å².